The summed E-state index contributed by atoms with van der Waals surface area (Å²) in [4.78, 5) is 23.6. The number of ether oxygens (including phenoxy) is 3. The van der Waals surface area contributed by atoms with Gasteiger partial charge in [0.15, 0.2) is 6.29 Å². The Labute approximate surface area is 234 Å². The number of benzene rings is 2. The maximum absolute atomic E-state index is 13.6. The van der Waals surface area contributed by atoms with Crippen LogP contribution in [0.4, 0.5) is 4.79 Å². The Balaban J connectivity index is 1.51. The number of amides is 1. The van der Waals surface area contributed by atoms with Crippen LogP contribution in [0, 0.1) is 16.7 Å². The molecule has 0 bridgehead atoms. The molecule has 5 atom stereocenters. The molecule has 2 N–H and O–H groups in total. The Morgan fingerprint density at radius 3 is 2.50 bits per heavy atom. The smallest absolute Gasteiger partial charge is 0.407 e. The van der Waals surface area contributed by atoms with Crippen LogP contribution in [0.2, 0.25) is 0 Å². The lowest BCUT2D eigenvalue weighted by atomic mass is 10.0. The van der Waals surface area contributed by atoms with E-state index in [9.17, 15) is 23.2 Å². The fourth-order valence-electron chi connectivity index (χ4n) is 5.03. The minimum Gasteiger partial charge on any atom is -0.443 e. The van der Waals surface area contributed by atoms with Gasteiger partial charge in [-0.3, -0.25) is 0 Å². The Morgan fingerprint density at radius 2 is 1.82 bits per heavy atom. The lowest BCUT2D eigenvalue weighted by Crippen LogP contribution is -2.51. The van der Waals surface area contributed by atoms with Crippen molar-refractivity contribution in [2.45, 2.75) is 62.7 Å². The van der Waals surface area contributed by atoms with Crippen molar-refractivity contribution < 1.29 is 32.5 Å². The second-order valence-electron chi connectivity index (χ2n) is 10.6. The summed E-state index contributed by atoms with van der Waals surface area (Å²) in [5.74, 6) is -0.0708. The summed E-state index contributed by atoms with van der Waals surface area (Å²) in [7, 11) is -4.00. The van der Waals surface area contributed by atoms with Crippen LogP contribution in [-0.4, -0.2) is 74.8 Å². The van der Waals surface area contributed by atoms with Gasteiger partial charge in [0.1, 0.15) is 12.6 Å². The van der Waals surface area contributed by atoms with Crippen LogP contribution in [0.5, 0.6) is 0 Å². The number of sulfonamides is 1. The number of fused-ring (bicyclic) bond motifs is 1. The maximum atomic E-state index is 13.6. The van der Waals surface area contributed by atoms with Gasteiger partial charge in [-0.05, 0) is 42.0 Å². The summed E-state index contributed by atoms with van der Waals surface area (Å²) in [6, 6.07) is 14.4. The third kappa shape index (κ3) is 7.64. The van der Waals surface area contributed by atoms with Crippen molar-refractivity contribution in [1.82, 2.24) is 9.62 Å². The van der Waals surface area contributed by atoms with Crippen molar-refractivity contribution in [3.63, 3.8) is 0 Å². The molecule has 2 fully saturated rings. The molecule has 2 aliphatic heterocycles. The number of carbonyl (C=O) groups excluding carboxylic acids is 1. The van der Waals surface area contributed by atoms with Gasteiger partial charge in [-0.1, -0.05) is 61.5 Å². The Kier molecular flexibility index (Phi) is 10.3. The van der Waals surface area contributed by atoms with E-state index in [2.05, 4.69) is 10.5 Å². The van der Waals surface area contributed by atoms with E-state index in [1.807, 2.05) is 44.2 Å². The largest absolute Gasteiger partial charge is 0.443 e. The predicted molar refractivity (Wildman–Crippen MR) is 147 cm³/mol. The monoisotopic (exact) mass is 575 g/mol. The molecule has 0 saturated carbocycles. The number of aliphatic hydroxyl groups is 1. The Morgan fingerprint density at radius 1 is 1.10 bits per heavy atom. The van der Waals surface area contributed by atoms with Crippen LogP contribution in [-0.2, 0) is 37.2 Å². The first kappa shape index (κ1) is 30.1. The van der Waals surface area contributed by atoms with Crippen molar-refractivity contribution in [2.24, 2.45) is 17.0 Å². The normalized spacial score (nSPS) is 22.2. The molecule has 0 aliphatic carbocycles. The zero-order chi connectivity index (χ0) is 28.7. The number of rotatable bonds is 13. The standard InChI is InChI=1S/C28H37N3O8S/c1-19(2)16-31(40(35,36)22-10-8-21(9-11-22)15-29-34)17-25(32)24(14-20-6-4-3-5-7-20)30-28(33)39-26-18-38-27-23(26)12-13-37-27/h3-11,19,23-27,32H,12-18H2,1-2H3,(H,30,33)/t23?,24-,25+,26?,27?/m0/s1. The van der Waals surface area contributed by atoms with Gasteiger partial charge >= 0.3 is 6.09 Å². The lowest BCUT2D eigenvalue weighted by Gasteiger charge is -2.31. The molecule has 2 aliphatic rings. The summed E-state index contributed by atoms with van der Waals surface area (Å²) in [6.07, 6.45) is -1.80. The summed E-state index contributed by atoms with van der Waals surface area (Å²) in [5, 5.41) is 17.0. The topological polar surface area (TPSA) is 144 Å². The van der Waals surface area contributed by atoms with Crippen molar-refractivity contribution in [1.29, 1.82) is 0 Å². The van der Waals surface area contributed by atoms with Gasteiger partial charge in [0.2, 0.25) is 10.0 Å². The van der Waals surface area contributed by atoms with E-state index in [1.54, 1.807) is 12.1 Å². The number of nitrogens with one attached hydrogen (secondary N) is 1. The van der Waals surface area contributed by atoms with Crippen LogP contribution in [0.3, 0.4) is 0 Å². The second kappa shape index (κ2) is 13.6. The lowest BCUT2D eigenvalue weighted by molar-refractivity contribution is -0.0907. The highest BCUT2D eigenvalue weighted by Crippen LogP contribution is 2.33. The Hall–Kier alpha value is -2.90. The quantitative estimate of drug-likeness (QED) is 0.347. The molecule has 11 nitrogen and oxygen atoms in total. The maximum Gasteiger partial charge on any atom is 0.407 e. The number of hydrogen-bond donors (Lipinski definition) is 2. The predicted octanol–water partition coefficient (Wildman–Crippen LogP) is 3.06. The van der Waals surface area contributed by atoms with Gasteiger partial charge in [0.05, 0.1) is 36.2 Å². The minimum absolute atomic E-state index is 0.0325. The van der Waals surface area contributed by atoms with E-state index in [-0.39, 0.29) is 55.7 Å². The van der Waals surface area contributed by atoms with Crippen molar-refractivity contribution >= 4 is 16.1 Å². The van der Waals surface area contributed by atoms with E-state index in [0.717, 1.165) is 12.0 Å². The van der Waals surface area contributed by atoms with Crippen LogP contribution in [0.15, 0.2) is 64.7 Å². The summed E-state index contributed by atoms with van der Waals surface area (Å²) < 4.78 is 45.1. The van der Waals surface area contributed by atoms with E-state index in [0.29, 0.717) is 12.2 Å². The van der Waals surface area contributed by atoms with Crippen LogP contribution in [0.25, 0.3) is 0 Å². The first-order valence-corrected chi connectivity index (χ1v) is 14.9. The van der Waals surface area contributed by atoms with Crippen molar-refractivity contribution in [3.8, 4) is 0 Å². The third-order valence-corrected chi connectivity index (χ3v) is 8.92. The number of nitrogens with zero attached hydrogens (tertiary/aromatic N) is 2. The zero-order valence-electron chi connectivity index (χ0n) is 22.7. The van der Waals surface area contributed by atoms with Gasteiger partial charge in [0.25, 0.3) is 0 Å². The highest BCUT2D eigenvalue weighted by atomic mass is 32.2. The summed E-state index contributed by atoms with van der Waals surface area (Å²) >= 11 is 0. The van der Waals surface area contributed by atoms with Gasteiger partial charge in [-0.25, -0.2) is 13.2 Å². The van der Waals surface area contributed by atoms with Crippen LogP contribution in [0.1, 0.15) is 31.4 Å². The molecule has 2 saturated heterocycles. The molecule has 218 valence electrons. The Bertz CT molecular complexity index is 1230. The molecule has 12 heteroatoms. The molecule has 0 radical (unpaired) electrons. The summed E-state index contributed by atoms with van der Waals surface area (Å²) in [5.41, 5.74) is 1.45. The molecule has 2 aromatic carbocycles. The average molecular weight is 576 g/mol. The molecule has 0 spiro atoms. The van der Waals surface area contributed by atoms with E-state index < -0.39 is 34.4 Å². The number of nitroso groups, excluding NO2 is 1. The fraction of sp³-hybridized carbons (Fsp3) is 0.536. The number of hydrogen-bond acceptors (Lipinski definition) is 9. The first-order chi connectivity index (χ1) is 19.2. The third-order valence-electron chi connectivity index (χ3n) is 7.08. The molecule has 3 unspecified atom stereocenters. The van der Waals surface area contributed by atoms with E-state index in [4.69, 9.17) is 14.2 Å². The number of alkyl carbamates (subject to hydrolysis) is 1. The molecular weight excluding hydrogens is 538 g/mol. The highest BCUT2D eigenvalue weighted by Gasteiger charge is 2.44. The van der Waals surface area contributed by atoms with Crippen LogP contribution < -0.4 is 5.32 Å². The number of aliphatic hydroxyl groups excluding tert-OH is 1. The van der Waals surface area contributed by atoms with Gasteiger partial charge < -0.3 is 24.6 Å². The van der Waals surface area contributed by atoms with Crippen molar-refractivity contribution in [2.75, 3.05) is 26.3 Å². The molecule has 2 heterocycles. The summed E-state index contributed by atoms with van der Waals surface area (Å²) in [6.45, 7) is 4.39. The van der Waals surface area contributed by atoms with E-state index >= 15 is 0 Å². The first-order valence-electron chi connectivity index (χ1n) is 13.5. The van der Waals surface area contributed by atoms with Gasteiger partial charge in [-0.15, -0.1) is 0 Å². The van der Waals surface area contributed by atoms with Gasteiger partial charge in [0, 0.05) is 13.1 Å². The second-order valence-corrected chi connectivity index (χ2v) is 12.6. The molecule has 0 aromatic heterocycles. The van der Waals surface area contributed by atoms with Crippen molar-refractivity contribution in [3.05, 3.63) is 70.6 Å². The molecule has 4 rings (SSSR count). The highest BCUT2D eigenvalue weighted by molar-refractivity contribution is 7.89. The molecule has 40 heavy (non-hydrogen) atoms. The van der Waals surface area contributed by atoms with Gasteiger partial charge in [-0.2, -0.15) is 9.21 Å². The molecule has 2 aromatic rings. The van der Waals surface area contributed by atoms with Crippen LogP contribution >= 0.6 is 0 Å². The fourth-order valence-corrected chi connectivity index (χ4v) is 6.65. The minimum atomic E-state index is -4.00. The molecule has 1 amide bonds. The number of carbonyl (C=O) groups is 1. The average Bonchev–Trinajstić information content (AvgIpc) is 3.54. The van der Waals surface area contributed by atoms with E-state index in [1.165, 1.54) is 16.4 Å². The SMILES string of the molecule is CC(C)CN(C[C@@H](O)[C@H](Cc1ccccc1)NC(=O)OC1COC2OCCC12)S(=O)(=O)c1ccc(CN=O)cc1. The molecular formula is C28H37N3O8S. The zero-order valence-corrected chi connectivity index (χ0v) is 23.5.